The third kappa shape index (κ3) is 2.46. The van der Waals surface area contributed by atoms with Crippen LogP contribution >= 0.6 is 11.8 Å². The first-order chi connectivity index (χ1) is 8.43. The summed E-state index contributed by atoms with van der Waals surface area (Å²) < 4.78 is 0. The van der Waals surface area contributed by atoms with Crippen LogP contribution in [0.2, 0.25) is 0 Å². The maximum atomic E-state index is 12.3. The van der Waals surface area contributed by atoms with Gasteiger partial charge in [-0.1, -0.05) is 51.6 Å². The summed E-state index contributed by atoms with van der Waals surface area (Å²) in [6, 6.07) is 7.79. The summed E-state index contributed by atoms with van der Waals surface area (Å²) in [5.41, 5.74) is 1.78. The van der Waals surface area contributed by atoms with E-state index in [0.29, 0.717) is 0 Å². The van der Waals surface area contributed by atoms with Crippen molar-refractivity contribution in [3.8, 4) is 0 Å². The Balaban J connectivity index is 2.53. The Morgan fingerprint density at radius 3 is 2.50 bits per heavy atom. The van der Waals surface area contributed by atoms with Gasteiger partial charge in [0.15, 0.2) is 0 Å². The third-order valence-electron chi connectivity index (χ3n) is 2.95. The molecule has 1 aromatic carbocycles. The van der Waals surface area contributed by atoms with Crippen molar-refractivity contribution in [3.63, 3.8) is 0 Å². The molecule has 0 fully saturated rings. The van der Waals surface area contributed by atoms with Gasteiger partial charge in [-0.05, 0) is 18.6 Å². The van der Waals surface area contributed by atoms with Crippen molar-refractivity contribution in [1.29, 1.82) is 0 Å². The van der Waals surface area contributed by atoms with Gasteiger partial charge in [-0.15, -0.1) is 0 Å². The number of hydrogen-bond donors (Lipinski definition) is 1. The van der Waals surface area contributed by atoms with Crippen LogP contribution in [0, 0.1) is 5.41 Å². The maximum absolute atomic E-state index is 12.3. The van der Waals surface area contributed by atoms with Crippen molar-refractivity contribution >= 4 is 17.7 Å². The summed E-state index contributed by atoms with van der Waals surface area (Å²) >= 11 is 1.71. The summed E-state index contributed by atoms with van der Waals surface area (Å²) in [4.78, 5) is 14.6. The van der Waals surface area contributed by atoms with E-state index in [9.17, 15) is 4.79 Å². The molecular formula is C15H19NOS. The lowest BCUT2D eigenvalue weighted by molar-refractivity contribution is 0.0955. The van der Waals surface area contributed by atoms with Crippen LogP contribution in [0.15, 0.2) is 39.8 Å². The number of amides is 1. The van der Waals surface area contributed by atoms with Gasteiger partial charge in [0, 0.05) is 20.9 Å². The van der Waals surface area contributed by atoms with E-state index in [1.54, 1.807) is 11.8 Å². The molecule has 0 radical (unpaired) electrons. The highest BCUT2D eigenvalue weighted by molar-refractivity contribution is 8.03. The number of benzene rings is 1. The zero-order valence-electron chi connectivity index (χ0n) is 11.3. The van der Waals surface area contributed by atoms with Crippen molar-refractivity contribution in [2.45, 2.75) is 39.0 Å². The van der Waals surface area contributed by atoms with Crippen molar-refractivity contribution in [2.24, 2.45) is 5.41 Å². The molecule has 0 bridgehead atoms. The minimum atomic E-state index is -0.0456. The highest BCUT2D eigenvalue weighted by Crippen LogP contribution is 2.40. The average molecular weight is 261 g/mol. The summed E-state index contributed by atoms with van der Waals surface area (Å²) in [7, 11) is 0. The van der Waals surface area contributed by atoms with Crippen LogP contribution in [0.3, 0.4) is 0 Å². The molecule has 1 aromatic rings. The van der Waals surface area contributed by atoms with E-state index >= 15 is 0 Å². The average Bonchev–Trinajstić information content (AvgIpc) is 2.46. The van der Waals surface area contributed by atoms with Gasteiger partial charge >= 0.3 is 0 Å². The van der Waals surface area contributed by atoms with Crippen LogP contribution in [0.4, 0.5) is 0 Å². The quantitative estimate of drug-likeness (QED) is 0.821. The van der Waals surface area contributed by atoms with Gasteiger partial charge in [-0.25, -0.2) is 0 Å². The third-order valence-corrected chi connectivity index (χ3v) is 4.27. The largest absolute Gasteiger partial charge is 0.324 e. The fourth-order valence-corrected chi connectivity index (χ4v) is 3.32. The molecule has 96 valence electrons. The van der Waals surface area contributed by atoms with Crippen LogP contribution < -0.4 is 5.32 Å². The minimum absolute atomic E-state index is 0.00600. The molecule has 0 saturated carbocycles. The highest BCUT2D eigenvalue weighted by atomic mass is 32.2. The molecule has 3 heteroatoms. The Morgan fingerprint density at radius 1 is 1.22 bits per heavy atom. The highest BCUT2D eigenvalue weighted by Gasteiger charge is 2.27. The monoisotopic (exact) mass is 261 g/mol. The molecule has 0 unspecified atom stereocenters. The van der Waals surface area contributed by atoms with E-state index in [1.807, 2.05) is 24.3 Å². The first-order valence-electron chi connectivity index (χ1n) is 6.25. The smallest absolute Gasteiger partial charge is 0.256 e. The lowest BCUT2D eigenvalue weighted by Gasteiger charge is -2.25. The van der Waals surface area contributed by atoms with Crippen LogP contribution in [0.25, 0.3) is 0 Å². The molecule has 0 aromatic heterocycles. The van der Waals surface area contributed by atoms with Gasteiger partial charge in [0.25, 0.3) is 5.91 Å². The van der Waals surface area contributed by atoms with Gasteiger partial charge in [0.05, 0.1) is 5.56 Å². The first-order valence-corrected chi connectivity index (χ1v) is 7.07. The topological polar surface area (TPSA) is 29.1 Å². The molecule has 0 atom stereocenters. The van der Waals surface area contributed by atoms with Crippen LogP contribution in [-0.2, 0) is 0 Å². The van der Waals surface area contributed by atoms with Gasteiger partial charge in [-0.3, -0.25) is 4.79 Å². The van der Waals surface area contributed by atoms with Gasteiger partial charge in [-0.2, -0.15) is 0 Å². The van der Waals surface area contributed by atoms with Gasteiger partial charge < -0.3 is 5.32 Å². The Hall–Kier alpha value is -1.22. The van der Waals surface area contributed by atoms with Crippen molar-refractivity contribution in [1.82, 2.24) is 5.32 Å². The summed E-state index contributed by atoms with van der Waals surface area (Å²) in [5.74, 6) is 0.00600. The van der Waals surface area contributed by atoms with Crippen molar-refractivity contribution < 1.29 is 4.79 Å². The van der Waals surface area contributed by atoms with Gasteiger partial charge in [0.1, 0.15) is 0 Å². The first kappa shape index (κ1) is 13.2. The second-order valence-corrected chi connectivity index (χ2v) is 6.59. The molecular weight excluding hydrogens is 242 g/mol. The minimum Gasteiger partial charge on any atom is -0.324 e. The second kappa shape index (κ2) is 4.81. The fourth-order valence-electron chi connectivity index (χ4n) is 2.03. The molecule has 0 saturated heterocycles. The summed E-state index contributed by atoms with van der Waals surface area (Å²) in [6.45, 7) is 8.53. The molecule has 1 N–H and O–H groups in total. The molecule has 18 heavy (non-hydrogen) atoms. The zero-order valence-corrected chi connectivity index (χ0v) is 12.1. The number of fused-ring (bicyclic) bond motifs is 1. The number of nitrogens with one attached hydrogen (secondary N) is 1. The number of thioether (sulfide) groups is 1. The number of carbonyl (C=O) groups is 1. The van der Waals surface area contributed by atoms with Crippen molar-refractivity contribution in [3.05, 3.63) is 40.4 Å². The lowest BCUT2D eigenvalue weighted by Crippen LogP contribution is -2.30. The van der Waals surface area contributed by atoms with Crippen molar-refractivity contribution in [2.75, 3.05) is 0 Å². The SMILES string of the molecule is CCC1=C(C(C)(C)C)NC(=O)c2ccccc2S1. The predicted molar refractivity (Wildman–Crippen MR) is 76.5 cm³/mol. The van der Waals surface area contributed by atoms with Gasteiger partial charge in [0.2, 0.25) is 0 Å². The summed E-state index contributed by atoms with van der Waals surface area (Å²) in [6.07, 6.45) is 0.936. The molecule has 1 amide bonds. The molecule has 2 nitrogen and oxygen atoms in total. The van der Waals surface area contributed by atoms with E-state index in [0.717, 1.165) is 22.6 Å². The number of hydrogen-bond acceptors (Lipinski definition) is 2. The fraction of sp³-hybridized carbons (Fsp3) is 0.400. The molecule has 1 aliphatic rings. The molecule has 0 aliphatic carbocycles. The van der Waals surface area contributed by atoms with Crippen LogP contribution in [-0.4, -0.2) is 5.91 Å². The second-order valence-electron chi connectivity index (χ2n) is 5.45. The Kier molecular flexibility index (Phi) is 3.53. The summed E-state index contributed by atoms with van der Waals surface area (Å²) in [5, 5.41) is 3.10. The Labute approximate surface area is 113 Å². The Bertz CT molecular complexity index is 511. The van der Waals surface area contributed by atoms with E-state index < -0.39 is 0 Å². The van der Waals surface area contributed by atoms with E-state index in [1.165, 1.54) is 4.91 Å². The zero-order chi connectivity index (χ0) is 13.3. The van der Waals surface area contributed by atoms with Crippen LogP contribution in [0.1, 0.15) is 44.5 Å². The standard InChI is InChI=1S/C15H19NOS/c1-5-11-13(15(2,3)4)16-14(17)10-8-6-7-9-12(10)18-11/h6-9H,5H2,1-4H3,(H,16,17). The van der Waals surface area contributed by atoms with E-state index in [-0.39, 0.29) is 11.3 Å². The van der Waals surface area contributed by atoms with E-state index in [4.69, 9.17) is 0 Å². The molecule has 1 heterocycles. The molecule has 1 aliphatic heterocycles. The Morgan fingerprint density at radius 2 is 1.89 bits per heavy atom. The maximum Gasteiger partial charge on any atom is 0.256 e. The number of carbonyl (C=O) groups excluding carboxylic acids is 1. The number of rotatable bonds is 1. The lowest BCUT2D eigenvalue weighted by atomic mass is 9.91. The predicted octanol–water partition coefficient (Wildman–Crippen LogP) is 4.19. The molecule has 0 spiro atoms. The van der Waals surface area contributed by atoms with Crippen LogP contribution in [0.5, 0.6) is 0 Å². The normalized spacial score (nSPS) is 16.1. The number of allylic oxidation sites excluding steroid dienone is 2. The molecule has 2 rings (SSSR count). The van der Waals surface area contributed by atoms with E-state index in [2.05, 4.69) is 33.0 Å².